The van der Waals surface area contributed by atoms with Gasteiger partial charge in [-0.1, -0.05) is 27.7 Å². The molecule has 0 saturated heterocycles. The summed E-state index contributed by atoms with van der Waals surface area (Å²) in [4.78, 5) is 0. The molecule has 0 aromatic carbocycles. The minimum absolute atomic E-state index is 0.116. The molecular formula is C11H24O2S. The highest BCUT2D eigenvalue weighted by Crippen LogP contribution is 2.44. The summed E-state index contributed by atoms with van der Waals surface area (Å²) in [6.07, 6.45) is 3.85. The fourth-order valence-corrected chi connectivity index (χ4v) is 3.84. The summed E-state index contributed by atoms with van der Waals surface area (Å²) in [5, 5.41) is 0. The van der Waals surface area contributed by atoms with E-state index in [1.54, 1.807) is 0 Å². The van der Waals surface area contributed by atoms with E-state index in [1.807, 2.05) is 13.8 Å². The first-order chi connectivity index (χ1) is 6.18. The maximum Gasteiger partial charge on any atom is 0.153 e. The molecule has 0 rings (SSSR count). The maximum absolute atomic E-state index is 11.8. The molecule has 14 heavy (non-hydrogen) atoms. The first-order valence-electron chi connectivity index (χ1n) is 5.38. The van der Waals surface area contributed by atoms with E-state index in [9.17, 15) is 8.42 Å². The van der Waals surface area contributed by atoms with Crippen LogP contribution in [0.15, 0.2) is 0 Å². The van der Waals surface area contributed by atoms with E-state index in [0.717, 1.165) is 12.8 Å². The van der Waals surface area contributed by atoms with Gasteiger partial charge in [-0.25, -0.2) is 8.42 Å². The maximum atomic E-state index is 11.8. The van der Waals surface area contributed by atoms with E-state index in [1.165, 1.54) is 6.26 Å². The summed E-state index contributed by atoms with van der Waals surface area (Å²) in [6.45, 7) is 10.1. The van der Waals surface area contributed by atoms with Gasteiger partial charge in [-0.05, 0) is 31.6 Å². The summed E-state index contributed by atoms with van der Waals surface area (Å²) in [5.74, 6) is 0. The van der Waals surface area contributed by atoms with E-state index < -0.39 is 14.6 Å². The molecule has 0 aliphatic carbocycles. The number of hydrogen-bond donors (Lipinski definition) is 0. The first kappa shape index (κ1) is 13.9. The van der Waals surface area contributed by atoms with Gasteiger partial charge in [-0.2, -0.15) is 0 Å². The van der Waals surface area contributed by atoms with Crippen molar-refractivity contribution in [3.05, 3.63) is 0 Å². The fraction of sp³-hybridized carbons (Fsp3) is 1.00. The Kier molecular flexibility index (Phi) is 4.20. The molecule has 0 heterocycles. The van der Waals surface area contributed by atoms with E-state index in [4.69, 9.17) is 0 Å². The molecule has 0 radical (unpaired) electrons. The molecule has 0 aromatic heterocycles. The molecule has 0 amide bonds. The summed E-state index contributed by atoms with van der Waals surface area (Å²) in [6, 6.07) is 0. The van der Waals surface area contributed by atoms with Crippen LogP contribution in [0.25, 0.3) is 0 Å². The summed E-state index contributed by atoms with van der Waals surface area (Å²) in [5.41, 5.74) is -0.116. The van der Waals surface area contributed by atoms with E-state index >= 15 is 0 Å². The second-order valence-electron chi connectivity index (χ2n) is 4.62. The van der Waals surface area contributed by atoms with Gasteiger partial charge < -0.3 is 0 Å². The van der Waals surface area contributed by atoms with Crippen LogP contribution in [0.5, 0.6) is 0 Å². The Balaban J connectivity index is 5.45. The zero-order valence-corrected chi connectivity index (χ0v) is 11.2. The second-order valence-corrected chi connectivity index (χ2v) is 7.07. The number of hydrogen-bond acceptors (Lipinski definition) is 2. The second kappa shape index (κ2) is 4.21. The quantitative estimate of drug-likeness (QED) is 0.713. The van der Waals surface area contributed by atoms with Gasteiger partial charge in [0.15, 0.2) is 9.84 Å². The molecule has 0 aromatic rings. The average Bonchev–Trinajstić information content (AvgIpc) is 2.13. The van der Waals surface area contributed by atoms with Crippen molar-refractivity contribution in [2.75, 3.05) is 6.26 Å². The van der Waals surface area contributed by atoms with Crippen LogP contribution in [0, 0.1) is 5.41 Å². The first-order valence-corrected chi connectivity index (χ1v) is 7.27. The lowest BCUT2D eigenvalue weighted by Crippen LogP contribution is -2.48. The predicted molar refractivity (Wildman–Crippen MR) is 62.2 cm³/mol. The molecule has 0 bridgehead atoms. The molecule has 0 aliphatic rings. The zero-order chi connectivity index (χ0) is 11.6. The third-order valence-corrected chi connectivity index (χ3v) is 6.75. The molecular weight excluding hydrogens is 196 g/mol. The Bertz CT molecular complexity index is 276. The molecule has 1 unspecified atom stereocenters. The van der Waals surface area contributed by atoms with Crippen molar-refractivity contribution in [1.82, 2.24) is 0 Å². The van der Waals surface area contributed by atoms with Crippen LogP contribution in [-0.4, -0.2) is 19.4 Å². The normalized spacial score (nSPS) is 17.9. The van der Waals surface area contributed by atoms with E-state index in [2.05, 4.69) is 20.8 Å². The van der Waals surface area contributed by atoms with E-state index in [-0.39, 0.29) is 5.41 Å². The van der Waals surface area contributed by atoms with Gasteiger partial charge in [-0.15, -0.1) is 0 Å². The fourth-order valence-electron chi connectivity index (χ4n) is 2.13. The standard InChI is InChI=1S/C11H24O2S/c1-7-10(4,8-2)11(5,9-3)14(6,12)13/h7-9H2,1-6H3. The number of rotatable bonds is 5. The van der Waals surface area contributed by atoms with Crippen molar-refractivity contribution >= 4 is 9.84 Å². The Labute approximate surface area is 89.0 Å². The van der Waals surface area contributed by atoms with Crippen molar-refractivity contribution < 1.29 is 8.42 Å². The van der Waals surface area contributed by atoms with Crippen molar-refractivity contribution in [3.63, 3.8) is 0 Å². The van der Waals surface area contributed by atoms with E-state index in [0.29, 0.717) is 6.42 Å². The minimum Gasteiger partial charge on any atom is -0.229 e. The van der Waals surface area contributed by atoms with Crippen molar-refractivity contribution in [2.45, 2.75) is 58.6 Å². The van der Waals surface area contributed by atoms with Gasteiger partial charge in [0.2, 0.25) is 0 Å². The molecule has 0 saturated carbocycles. The SMILES string of the molecule is CCC(C)(CC)C(C)(CC)S(C)(=O)=O. The lowest BCUT2D eigenvalue weighted by molar-refractivity contribution is 0.200. The van der Waals surface area contributed by atoms with Crippen LogP contribution < -0.4 is 0 Å². The third kappa shape index (κ3) is 1.97. The van der Waals surface area contributed by atoms with Crippen LogP contribution in [-0.2, 0) is 9.84 Å². The summed E-state index contributed by atoms with van der Waals surface area (Å²) in [7, 11) is -3.00. The monoisotopic (exact) mass is 220 g/mol. The summed E-state index contributed by atoms with van der Waals surface area (Å²) >= 11 is 0. The largest absolute Gasteiger partial charge is 0.229 e. The van der Waals surface area contributed by atoms with Gasteiger partial charge >= 0.3 is 0 Å². The highest BCUT2D eigenvalue weighted by molar-refractivity contribution is 7.92. The molecule has 0 spiro atoms. The lowest BCUT2D eigenvalue weighted by atomic mass is 9.72. The molecule has 86 valence electrons. The van der Waals surface area contributed by atoms with Gasteiger partial charge in [0, 0.05) is 6.26 Å². The molecule has 1 atom stereocenters. The molecule has 2 nitrogen and oxygen atoms in total. The summed E-state index contributed by atoms with van der Waals surface area (Å²) < 4.78 is 23.1. The lowest BCUT2D eigenvalue weighted by Gasteiger charge is -2.44. The smallest absolute Gasteiger partial charge is 0.153 e. The highest BCUT2D eigenvalue weighted by atomic mass is 32.2. The Hall–Kier alpha value is -0.0500. The van der Waals surface area contributed by atoms with Crippen LogP contribution in [0.1, 0.15) is 53.9 Å². The van der Waals surface area contributed by atoms with Crippen molar-refractivity contribution in [3.8, 4) is 0 Å². The average molecular weight is 220 g/mol. The van der Waals surface area contributed by atoms with Crippen molar-refractivity contribution in [2.24, 2.45) is 5.41 Å². The molecule has 3 heteroatoms. The highest BCUT2D eigenvalue weighted by Gasteiger charge is 2.48. The minimum atomic E-state index is -3.00. The zero-order valence-electron chi connectivity index (χ0n) is 10.3. The third-order valence-electron chi connectivity index (χ3n) is 4.33. The number of sulfone groups is 1. The van der Waals surface area contributed by atoms with Gasteiger partial charge in [0.05, 0.1) is 4.75 Å². The van der Waals surface area contributed by atoms with Crippen LogP contribution in [0.2, 0.25) is 0 Å². The Morgan fingerprint density at radius 3 is 1.36 bits per heavy atom. The molecule has 0 fully saturated rings. The Morgan fingerprint density at radius 1 is 0.929 bits per heavy atom. The van der Waals surface area contributed by atoms with Gasteiger partial charge in [0.1, 0.15) is 0 Å². The van der Waals surface area contributed by atoms with Gasteiger partial charge in [-0.3, -0.25) is 0 Å². The topological polar surface area (TPSA) is 34.1 Å². The van der Waals surface area contributed by atoms with Crippen LogP contribution in [0.4, 0.5) is 0 Å². The predicted octanol–water partition coefficient (Wildman–Crippen LogP) is 3.03. The van der Waals surface area contributed by atoms with Crippen LogP contribution in [0.3, 0.4) is 0 Å². The van der Waals surface area contributed by atoms with Crippen molar-refractivity contribution in [1.29, 1.82) is 0 Å². The van der Waals surface area contributed by atoms with Gasteiger partial charge in [0.25, 0.3) is 0 Å². The molecule has 0 aliphatic heterocycles. The van der Waals surface area contributed by atoms with Crippen LogP contribution >= 0.6 is 0 Å². The molecule has 0 N–H and O–H groups in total. The Morgan fingerprint density at radius 2 is 1.29 bits per heavy atom.